The van der Waals surface area contributed by atoms with Crippen LogP contribution in [0.3, 0.4) is 0 Å². The maximum absolute atomic E-state index is 12.8. The highest BCUT2D eigenvalue weighted by molar-refractivity contribution is 9.10. The molecule has 1 N–H and O–H groups in total. The molecule has 0 fully saturated rings. The van der Waals surface area contributed by atoms with E-state index in [0.29, 0.717) is 10.3 Å². The smallest absolute Gasteiger partial charge is 0.373 e. The molecule has 102 valence electrons. The maximum Gasteiger partial charge on any atom is 0.416 e. The normalized spacial score (nSPS) is 11.7. The lowest BCUT2D eigenvalue weighted by atomic mass is 10.2. The van der Waals surface area contributed by atoms with Gasteiger partial charge >= 0.3 is 6.18 Å². The van der Waals surface area contributed by atoms with Crippen molar-refractivity contribution >= 4 is 21.7 Å². The standard InChI is InChI=1S/C10H9BrF3N5/c1-15-7-4-5(10(12,13)14)3-6(16-7)8-9(11)17-18-19(8)2/h3-4H,1-2H3,(H,15,16). The summed E-state index contributed by atoms with van der Waals surface area (Å²) in [5.74, 6) is 0.123. The van der Waals surface area contributed by atoms with Crippen molar-refractivity contribution in [2.45, 2.75) is 6.18 Å². The average molecular weight is 336 g/mol. The summed E-state index contributed by atoms with van der Waals surface area (Å²) in [5.41, 5.74) is -0.267. The lowest BCUT2D eigenvalue weighted by Gasteiger charge is -2.11. The first-order valence-electron chi connectivity index (χ1n) is 5.15. The molecule has 2 heterocycles. The van der Waals surface area contributed by atoms with E-state index in [2.05, 4.69) is 36.5 Å². The van der Waals surface area contributed by atoms with E-state index in [1.165, 1.54) is 11.7 Å². The highest BCUT2D eigenvalue weighted by Crippen LogP contribution is 2.34. The van der Waals surface area contributed by atoms with Crippen LogP contribution in [-0.2, 0) is 13.2 Å². The molecule has 0 bridgehead atoms. The van der Waals surface area contributed by atoms with Crippen LogP contribution in [-0.4, -0.2) is 27.0 Å². The molecule has 9 heteroatoms. The third-order valence-corrected chi connectivity index (χ3v) is 2.97. The molecule has 0 amide bonds. The number of nitrogens with one attached hydrogen (secondary N) is 1. The van der Waals surface area contributed by atoms with Gasteiger partial charge in [-0.1, -0.05) is 5.21 Å². The van der Waals surface area contributed by atoms with Gasteiger partial charge in [0.2, 0.25) is 0 Å². The number of anilines is 1. The van der Waals surface area contributed by atoms with E-state index >= 15 is 0 Å². The monoisotopic (exact) mass is 335 g/mol. The molecule has 0 saturated carbocycles. The Morgan fingerprint density at radius 2 is 2.00 bits per heavy atom. The fourth-order valence-corrected chi connectivity index (χ4v) is 2.08. The second-order valence-electron chi connectivity index (χ2n) is 3.73. The lowest BCUT2D eigenvalue weighted by molar-refractivity contribution is -0.137. The van der Waals surface area contributed by atoms with Crippen molar-refractivity contribution in [2.24, 2.45) is 7.05 Å². The molecule has 19 heavy (non-hydrogen) atoms. The summed E-state index contributed by atoms with van der Waals surface area (Å²) in [4.78, 5) is 4.09. The summed E-state index contributed by atoms with van der Waals surface area (Å²) in [6.07, 6.45) is -4.44. The first-order chi connectivity index (χ1) is 8.82. The molecule has 0 aliphatic carbocycles. The van der Waals surface area contributed by atoms with Crippen LogP contribution >= 0.6 is 15.9 Å². The summed E-state index contributed by atoms with van der Waals surface area (Å²) in [6.45, 7) is 0. The second-order valence-corrected chi connectivity index (χ2v) is 4.48. The number of pyridine rings is 1. The molecule has 5 nitrogen and oxygen atoms in total. The van der Waals surface area contributed by atoms with E-state index in [-0.39, 0.29) is 11.5 Å². The lowest BCUT2D eigenvalue weighted by Crippen LogP contribution is -2.08. The van der Waals surface area contributed by atoms with E-state index in [1.54, 1.807) is 7.05 Å². The molecular formula is C10H9BrF3N5. The topological polar surface area (TPSA) is 55.6 Å². The molecule has 0 atom stereocenters. The summed E-state index contributed by atoms with van der Waals surface area (Å²) in [6, 6.07) is 1.91. The Morgan fingerprint density at radius 1 is 1.32 bits per heavy atom. The van der Waals surface area contributed by atoms with Crippen molar-refractivity contribution in [1.29, 1.82) is 0 Å². The highest BCUT2D eigenvalue weighted by Gasteiger charge is 2.32. The van der Waals surface area contributed by atoms with Crippen molar-refractivity contribution in [3.8, 4) is 11.4 Å². The fraction of sp³-hybridized carbons (Fsp3) is 0.300. The van der Waals surface area contributed by atoms with Crippen LogP contribution in [0.15, 0.2) is 16.7 Å². The largest absolute Gasteiger partial charge is 0.416 e. The molecule has 0 saturated heterocycles. The SMILES string of the molecule is CNc1cc(C(F)(F)F)cc(-c2c(Br)nnn2C)n1. The van der Waals surface area contributed by atoms with Gasteiger partial charge in [0.05, 0.1) is 11.3 Å². The number of rotatable bonds is 2. The summed E-state index contributed by atoms with van der Waals surface area (Å²) in [7, 11) is 3.08. The zero-order chi connectivity index (χ0) is 14.2. The molecule has 2 aromatic rings. The quantitative estimate of drug-likeness (QED) is 0.916. The highest BCUT2D eigenvalue weighted by atomic mass is 79.9. The molecule has 0 spiro atoms. The van der Waals surface area contributed by atoms with Gasteiger partial charge in [-0.15, -0.1) is 5.10 Å². The number of aryl methyl sites for hydroxylation is 1. The number of hydrogen-bond acceptors (Lipinski definition) is 4. The Morgan fingerprint density at radius 3 is 2.47 bits per heavy atom. The van der Waals surface area contributed by atoms with Crippen molar-refractivity contribution in [1.82, 2.24) is 20.0 Å². The predicted octanol–water partition coefficient (Wildman–Crippen LogP) is 2.70. The van der Waals surface area contributed by atoms with Gasteiger partial charge < -0.3 is 5.32 Å². The van der Waals surface area contributed by atoms with E-state index in [0.717, 1.165) is 12.1 Å². The molecule has 2 rings (SSSR count). The Labute approximate surface area is 115 Å². The van der Waals surface area contributed by atoms with Crippen molar-refractivity contribution in [2.75, 3.05) is 12.4 Å². The molecular weight excluding hydrogens is 327 g/mol. The maximum atomic E-state index is 12.8. The number of aromatic nitrogens is 4. The van der Waals surface area contributed by atoms with E-state index in [1.807, 2.05) is 0 Å². The first kappa shape index (κ1) is 13.8. The number of alkyl halides is 3. The van der Waals surface area contributed by atoms with E-state index < -0.39 is 11.7 Å². The Bertz CT molecular complexity index is 588. The Balaban J connectivity index is 2.64. The van der Waals surface area contributed by atoms with Gasteiger partial charge in [0.25, 0.3) is 0 Å². The van der Waals surface area contributed by atoms with Crippen molar-refractivity contribution in [3.05, 3.63) is 22.3 Å². The van der Waals surface area contributed by atoms with Crippen LogP contribution in [0.5, 0.6) is 0 Å². The average Bonchev–Trinajstić information content (AvgIpc) is 2.67. The predicted molar refractivity (Wildman–Crippen MR) is 66.5 cm³/mol. The molecule has 0 unspecified atom stereocenters. The van der Waals surface area contributed by atoms with Gasteiger partial charge in [-0.3, -0.25) is 0 Å². The molecule has 2 aromatic heterocycles. The van der Waals surface area contributed by atoms with Crippen LogP contribution in [0.4, 0.5) is 19.0 Å². The van der Waals surface area contributed by atoms with E-state index in [4.69, 9.17) is 0 Å². The summed E-state index contributed by atoms with van der Waals surface area (Å²) < 4.78 is 40.2. The first-order valence-corrected chi connectivity index (χ1v) is 5.95. The second kappa shape index (κ2) is 4.80. The summed E-state index contributed by atoms with van der Waals surface area (Å²) >= 11 is 3.14. The third-order valence-electron chi connectivity index (χ3n) is 2.44. The van der Waals surface area contributed by atoms with E-state index in [9.17, 15) is 13.2 Å². The van der Waals surface area contributed by atoms with Gasteiger partial charge in [0.1, 0.15) is 11.5 Å². The fourth-order valence-electron chi connectivity index (χ4n) is 1.55. The van der Waals surface area contributed by atoms with Gasteiger partial charge in [-0.05, 0) is 28.1 Å². The molecule has 0 aliphatic rings. The zero-order valence-corrected chi connectivity index (χ0v) is 11.5. The van der Waals surface area contributed by atoms with Gasteiger partial charge in [0.15, 0.2) is 4.60 Å². The molecule has 0 aromatic carbocycles. The number of halogens is 4. The van der Waals surface area contributed by atoms with Crippen LogP contribution in [0.2, 0.25) is 0 Å². The minimum Gasteiger partial charge on any atom is -0.373 e. The summed E-state index contributed by atoms with van der Waals surface area (Å²) in [5, 5.41) is 10.1. The third kappa shape index (κ3) is 2.70. The van der Waals surface area contributed by atoms with Crippen LogP contribution < -0.4 is 5.32 Å². The molecule has 0 aliphatic heterocycles. The Kier molecular flexibility index (Phi) is 3.48. The van der Waals surface area contributed by atoms with Crippen LogP contribution in [0.1, 0.15) is 5.56 Å². The van der Waals surface area contributed by atoms with Crippen LogP contribution in [0.25, 0.3) is 11.4 Å². The van der Waals surface area contributed by atoms with Gasteiger partial charge in [-0.25, -0.2) is 9.67 Å². The molecule has 0 radical (unpaired) electrons. The van der Waals surface area contributed by atoms with Gasteiger partial charge in [0, 0.05) is 14.1 Å². The minimum absolute atomic E-state index is 0.123. The zero-order valence-electron chi connectivity index (χ0n) is 9.96. The van der Waals surface area contributed by atoms with Crippen molar-refractivity contribution < 1.29 is 13.2 Å². The number of nitrogens with zero attached hydrogens (tertiary/aromatic N) is 4. The van der Waals surface area contributed by atoms with Gasteiger partial charge in [-0.2, -0.15) is 13.2 Å². The van der Waals surface area contributed by atoms with Crippen LogP contribution in [0, 0.1) is 0 Å². The Hall–Kier alpha value is -1.64. The number of hydrogen-bond donors (Lipinski definition) is 1. The minimum atomic E-state index is -4.44. The van der Waals surface area contributed by atoms with Crippen molar-refractivity contribution in [3.63, 3.8) is 0 Å².